The summed E-state index contributed by atoms with van der Waals surface area (Å²) in [5, 5.41) is 9.48. The summed E-state index contributed by atoms with van der Waals surface area (Å²) in [5.41, 5.74) is 2.12. The summed E-state index contributed by atoms with van der Waals surface area (Å²) in [6, 6.07) is 22.9. The van der Waals surface area contributed by atoms with Crippen LogP contribution in [0, 0.1) is 23.2 Å². The van der Waals surface area contributed by atoms with Gasteiger partial charge in [-0.2, -0.15) is 5.26 Å². The molecule has 2 heterocycles. The molecule has 4 heteroatoms. The molecule has 32 heavy (non-hydrogen) atoms. The van der Waals surface area contributed by atoms with Crippen LogP contribution in [0.1, 0.15) is 60.4 Å². The van der Waals surface area contributed by atoms with Gasteiger partial charge in [0.05, 0.1) is 18.0 Å². The van der Waals surface area contributed by atoms with Gasteiger partial charge in [-0.25, -0.2) is 0 Å². The van der Waals surface area contributed by atoms with Crippen molar-refractivity contribution in [3.05, 3.63) is 71.8 Å². The molecular formula is C28H33N3O. The average Bonchev–Trinajstić information content (AvgIpc) is 3.61. The van der Waals surface area contributed by atoms with Crippen molar-refractivity contribution in [2.24, 2.45) is 11.8 Å². The SMILES string of the molecule is N#CCC1(N2CCC(CCC3CC3c3ccccc3)CC2)CN(C(=O)c2ccccc2)C1. The van der Waals surface area contributed by atoms with Crippen LogP contribution in [0.4, 0.5) is 0 Å². The second kappa shape index (κ2) is 9.08. The van der Waals surface area contributed by atoms with Crippen molar-refractivity contribution in [1.82, 2.24) is 9.80 Å². The van der Waals surface area contributed by atoms with Gasteiger partial charge in [0.25, 0.3) is 5.91 Å². The Morgan fingerprint density at radius 2 is 1.62 bits per heavy atom. The molecule has 1 amide bonds. The molecular weight excluding hydrogens is 394 g/mol. The predicted octanol–water partition coefficient (Wildman–Crippen LogP) is 5.09. The molecule has 2 aliphatic heterocycles. The number of hydrogen-bond acceptors (Lipinski definition) is 3. The van der Waals surface area contributed by atoms with Crippen LogP contribution < -0.4 is 0 Å². The van der Waals surface area contributed by atoms with Gasteiger partial charge >= 0.3 is 0 Å². The number of carbonyl (C=O) groups is 1. The van der Waals surface area contributed by atoms with Crippen molar-refractivity contribution in [3.63, 3.8) is 0 Å². The summed E-state index contributed by atoms with van der Waals surface area (Å²) >= 11 is 0. The summed E-state index contributed by atoms with van der Waals surface area (Å²) in [6.45, 7) is 3.48. The lowest BCUT2D eigenvalue weighted by Crippen LogP contribution is -2.72. The molecule has 3 aliphatic rings. The number of hydrogen-bond donors (Lipinski definition) is 0. The Labute approximate surface area is 191 Å². The van der Waals surface area contributed by atoms with Crippen molar-refractivity contribution in [2.45, 2.75) is 50.0 Å². The Hall–Kier alpha value is -2.64. The van der Waals surface area contributed by atoms with Crippen molar-refractivity contribution in [2.75, 3.05) is 26.2 Å². The van der Waals surface area contributed by atoms with Crippen molar-refractivity contribution < 1.29 is 4.79 Å². The first-order chi connectivity index (χ1) is 15.7. The standard InChI is InChI=1S/C28H33N3O/c29-16-15-28(20-30(21-28)27(32)24-9-5-2-6-10-24)31-17-13-22(14-18-31)11-12-25-19-26(25)23-7-3-1-4-8-23/h1-10,22,25-26H,11-15,17-21H2. The van der Waals surface area contributed by atoms with Gasteiger partial charge in [0, 0.05) is 18.7 Å². The number of amides is 1. The number of carbonyl (C=O) groups excluding carboxylic acids is 1. The molecule has 2 saturated heterocycles. The highest BCUT2D eigenvalue weighted by molar-refractivity contribution is 5.95. The highest BCUT2D eigenvalue weighted by Gasteiger charge is 2.50. The van der Waals surface area contributed by atoms with E-state index in [2.05, 4.69) is 41.3 Å². The molecule has 3 fully saturated rings. The van der Waals surface area contributed by atoms with Crippen molar-refractivity contribution in [1.29, 1.82) is 5.26 Å². The zero-order chi connectivity index (χ0) is 22.0. The van der Waals surface area contributed by atoms with Gasteiger partial charge in [-0.1, -0.05) is 55.0 Å². The van der Waals surface area contributed by atoms with E-state index in [4.69, 9.17) is 0 Å². The zero-order valence-electron chi connectivity index (χ0n) is 18.8. The van der Waals surface area contributed by atoms with Crippen molar-refractivity contribution in [3.8, 4) is 6.07 Å². The summed E-state index contributed by atoms with van der Waals surface area (Å²) < 4.78 is 0. The molecule has 1 saturated carbocycles. The molecule has 4 nitrogen and oxygen atoms in total. The fraction of sp³-hybridized carbons (Fsp3) is 0.500. The minimum absolute atomic E-state index is 0.0893. The Morgan fingerprint density at radius 1 is 0.969 bits per heavy atom. The Morgan fingerprint density at radius 3 is 2.28 bits per heavy atom. The average molecular weight is 428 g/mol. The Balaban J connectivity index is 1.09. The normalized spacial score (nSPS) is 25.0. The fourth-order valence-corrected chi connectivity index (χ4v) is 5.96. The maximum Gasteiger partial charge on any atom is 0.253 e. The van der Waals surface area contributed by atoms with E-state index >= 15 is 0 Å². The second-order valence-electron chi connectivity index (χ2n) is 10.1. The number of nitrogens with zero attached hydrogens (tertiary/aromatic N) is 3. The van der Waals surface area contributed by atoms with E-state index in [0.29, 0.717) is 19.5 Å². The van der Waals surface area contributed by atoms with E-state index in [0.717, 1.165) is 36.4 Å². The molecule has 0 radical (unpaired) electrons. The van der Waals surface area contributed by atoms with Gasteiger partial charge in [-0.15, -0.1) is 0 Å². The number of rotatable bonds is 7. The van der Waals surface area contributed by atoms with E-state index in [1.54, 1.807) is 0 Å². The quantitative estimate of drug-likeness (QED) is 0.618. The van der Waals surface area contributed by atoms with Gasteiger partial charge in [0.15, 0.2) is 0 Å². The molecule has 2 aromatic carbocycles. The highest BCUT2D eigenvalue weighted by atomic mass is 16.2. The second-order valence-corrected chi connectivity index (χ2v) is 10.1. The Bertz CT molecular complexity index is 953. The zero-order valence-corrected chi connectivity index (χ0v) is 18.8. The minimum atomic E-state index is -0.140. The van der Waals surface area contributed by atoms with Gasteiger partial charge in [0.2, 0.25) is 0 Å². The molecule has 5 rings (SSSR count). The van der Waals surface area contributed by atoms with E-state index in [1.165, 1.54) is 37.7 Å². The minimum Gasteiger partial charge on any atom is -0.335 e. The smallest absolute Gasteiger partial charge is 0.253 e. The third-order valence-electron chi connectivity index (χ3n) is 8.07. The van der Waals surface area contributed by atoms with Crippen LogP contribution in [0.15, 0.2) is 60.7 Å². The van der Waals surface area contributed by atoms with Gasteiger partial charge in [0.1, 0.15) is 0 Å². The van der Waals surface area contributed by atoms with Gasteiger partial charge in [-0.05, 0) is 74.2 Å². The van der Waals surface area contributed by atoms with Crippen LogP contribution >= 0.6 is 0 Å². The van der Waals surface area contributed by atoms with Crippen LogP contribution in [0.2, 0.25) is 0 Å². The fourth-order valence-electron chi connectivity index (χ4n) is 5.96. The van der Waals surface area contributed by atoms with Crippen LogP contribution in [0.25, 0.3) is 0 Å². The lowest BCUT2D eigenvalue weighted by Gasteiger charge is -2.56. The molecule has 2 atom stereocenters. The predicted molar refractivity (Wildman–Crippen MR) is 126 cm³/mol. The van der Waals surface area contributed by atoms with E-state index in [9.17, 15) is 10.1 Å². The maximum absolute atomic E-state index is 12.8. The molecule has 0 N–H and O–H groups in total. The third-order valence-corrected chi connectivity index (χ3v) is 8.07. The Kier molecular flexibility index (Phi) is 6.02. The molecule has 0 aromatic heterocycles. The topological polar surface area (TPSA) is 47.3 Å². The molecule has 1 aliphatic carbocycles. The van der Waals surface area contributed by atoms with E-state index in [1.807, 2.05) is 35.2 Å². The summed E-state index contributed by atoms with van der Waals surface area (Å²) in [6.07, 6.45) is 7.01. The maximum atomic E-state index is 12.8. The largest absolute Gasteiger partial charge is 0.335 e. The lowest BCUT2D eigenvalue weighted by molar-refractivity contribution is -0.0529. The van der Waals surface area contributed by atoms with Gasteiger partial charge in [-0.3, -0.25) is 9.69 Å². The number of piperidine rings is 1. The molecule has 2 aromatic rings. The van der Waals surface area contributed by atoms with Crippen LogP contribution in [0.5, 0.6) is 0 Å². The number of benzene rings is 2. The first-order valence-corrected chi connectivity index (χ1v) is 12.2. The summed E-state index contributed by atoms with van der Waals surface area (Å²) in [5.74, 6) is 2.57. The van der Waals surface area contributed by atoms with Crippen LogP contribution in [-0.4, -0.2) is 47.4 Å². The highest BCUT2D eigenvalue weighted by Crippen LogP contribution is 2.51. The van der Waals surface area contributed by atoms with Gasteiger partial charge < -0.3 is 4.90 Å². The van der Waals surface area contributed by atoms with E-state index < -0.39 is 0 Å². The van der Waals surface area contributed by atoms with Crippen molar-refractivity contribution >= 4 is 5.91 Å². The first-order valence-electron chi connectivity index (χ1n) is 12.2. The molecule has 2 unspecified atom stereocenters. The number of likely N-dealkylation sites (tertiary alicyclic amines) is 2. The summed E-state index contributed by atoms with van der Waals surface area (Å²) in [4.78, 5) is 17.2. The number of nitriles is 1. The molecule has 0 spiro atoms. The first kappa shape index (κ1) is 21.2. The summed E-state index contributed by atoms with van der Waals surface area (Å²) in [7, 11) is 0. The van der Waals surface area contributed by atoms with E-state index in [-0.39, 0.29) is 11.4 Å². The lowest BCUT2D eigenvalue weighted by atomic mass is 9.80. The molecule has 0 bridgehead atoms. The van der Waals surface area contributed by atoms with Crippen LogP contribution in [-0.2, 0) is 0 Å². The van der Waals surface area contributed by atoms with Crippen LogP contribution in [0.3, 0.4) is 0 Å². The monoisotopic (exact) mass is 427 g/mol. The molecule has 166 valence electrons. The third kappa shape index (κ3) is 4.32.